The first-order valence-electron chi connectivity index (χ1n) is 8.73. The van der Waals surface area contributed by atoms with Crippen molar-refractivity contribution in [3.8, 4) is 0 Å². The SMILES string of the molecule is CC(=NNC(=O)OC(C)(C)C)c1ccc(S(=O)(=O)N2CCCCC2)cc1. The summed E-state index contributed by atoms with van der Waals surface area (Å²) in [5.74, 6) is 0. The molecule has 0 radical (unpaired) electrons. The number of hydrogen-bond donors (Lipinski definition) is 1. The highest BCUT2D eigenvalue weighted by molar-refractivity contribution is 7.89. The number of nitrogens with one attached hydrogen (secondary N) is 1. The second-order valence-corrected chi connectivity index (χ2v) is 9.24. The van der Waals surface area contributed by atoms with Crippen molar-refractivity contribution < 1.29 is 17.9 Å². The van der Waals surface area contributed by atoms with Gasteiger partial charge in [0.2, 0.25) is 10.0 Å². The van der Waals surface area contributed by atoms with E-state index in [-0.39, 0.29) is 4.90 Å². The van der Waals surface area contributed by atoms with Gasteiger partial charge < -0.3 is 4.74 Å². The normalized spacial score (nSPS) is 17.0. The van der Waals surface area contributed by atoms with Gasteiger partial charge in [-0.1, -0.05) is 18.6 Å². The third kappa shape index (κ3) is 5.54. The number of carbonyl (C=O) groups is 1. The number of ether oxygens (including phenoxy) is 1. The van der Waals surface area contributed by atoms with Gasteiger partial charge in [-0.15, -0.1) is 0 Å². The summed E-state index contributed by atoms with van der Waals surface area (Å²) in [5, 5.41) is 3.99. The Morgan fingerprint density at radius 2 is 1.69 bits per heavy atom. The van der Waals surface area contributed by atoms with Crippen molar-refractivity contribution in [2.45, 2.75) is 57.5 Å². The Morgan fingerprint density at radius 3 is 2.23 bits per heavy atom. The molecule has 1 amide bonds. The topological polar surface area (TPSA) is 88.1 Å². The number of piperidine rings is 1. The number of hydrogen-bond acceptors (Lipinski definition) is 5. The Labute approximate surface area is 155 Å². The summed E-state index contributed by atoms with van der Waals surface area (Å²) >= 11 is 0. The van der Waals surface area contributed by atoms with Gasteiger partial charge in [-0.3, -0.25) is 0 Å². The Hall–Kier alpha value is -1.93. The fraction of sp³-hybridized carbons (Fsp3) is 0.556. The van der Waals surface area contributed by atoms with Gasteiger partial charge in [-0.05, 0) is 58.2 Å². The molecule has 1 aromatic carbocycles. The summed E-state index contributed by atoms with van der Waals surface area (Å²) in [7, 11) is -3.45. The van der Waals surface area contributed by atoms with E-state index >= 15 is 0 Å². The number of carbonyl (C=O) groups excluding carboxylic acids is 1. The zero-order valence-electron chi connectivity index (χ0n) is 15.8. The molecule has 1 aliphatic rings. The highest BCUT2D eigenvalue weighted by Gasteiger charge is 2.25. The van der Waals surface area contributed by atoms with E-state index in [9.17, 15) is 13.2 Å². The molecule has 1 aromatic rings. The van der Waals surface area contributed by atoms with Crippen LogP contribution in [-0.2, 0) is 14.8 Å². The van der Waals surface area contributed by atoms with Gasteiger partial charge in [0.05, 0.1) is 10.6 Å². The van der Waals surface area contributed by atoms with Crippen molar-refractivity contribution in [1.29, 1.82) is 0 Å². The summed E-state index contributed by atoms with van der Waals surface area (Å²) in [6.07, 6.45) is 2.24. The minimum atomic E-state index is -3.45. The molecule has 1 N–H and O–H groups in total. The second kappa shape index (κ2) is 8.18. The van der Waals surface area contributed by atoms with Crippen LogP contribution in [0.3, 0.4) is 0 Å². The van der Waals surface area contributed by atoms with E-state index in [4.69, 9.17) is 4.74 Å². The lowest BCUT2D eigenvalue weighted by molar-refractivity contribution is 0.0529. The molecule has 0 aromatic heterocycles. The molecule has 144 valence electrons. The number of sulfonamides is 1. The van der Waals surface area contributed by atoms with Crippen LogP contribution in [0.25, 0.3) is 0 Å². The van der Waals surface area contributed by atoms with E-state index in [2.05, 4.69) is 10.5 Å². The van der Waals surface area contributed by atoms with Crippen LogP contribution in [0.15, 0.2) is 34.3 Å². The van der Waals surface area contributed by atoms with Gasteiger partial charge >= 0.3 is 6.09 Å². The fourth-order valence-electron chi connectivity index (χ4n) is 2.62. The van der Waals surface area contributed by atoms with Gasteiger partial charge in [-0.25, -0.2) is 18.6 Å². The highest BCUT2D eigenvalue weighted by Crippen LogP contribution is 2.21. The molecule has 1 aliphatic heterocycles. The molecule has 0 unspecified atom stereocenters. The largest absolute Gasteiger partial charge is 0.443 e. The number of nitrogens with zero attached hydrogens (tertiary/aromatic N) is 2. The summed E-state index contributed by atoms with van der Waals surface area (Å²) in [5.41, 5.74) is 3.01. The maximum Gasteiger partial charge on any atom is 0.428 e. The van der Waals surface area contributed by atoms with Crippen LogP contribution in [0.5, 0.6) is 0 Å². The molecule has 2 rings (SSSR count). The predicted octanol–water partition coefficient (Wildman–Crippen LogP) is 3.11. The molecule has 0 spiro atoms. The molecule has 1 heterocycles. The minimum Gasteiger partial charge on any atom is -0.443 e. The van der Waals surface area contributed by atoms with Crippen molar-refractivity contribution in [3.05, 3.63) is 29.8 Å². The van der Waals surface area contributed by atoms with E-state index in [1.165, 1.54) is 4.31 Å². The van der Waals surface area contributed by atoms with Crippen LogP contribution in [0.4, 0.5) is 4.79 Å². The molecule has 1 saturated heterocycles. The molecule has 0 bridgehead atoms. The zero-order chi connectivity index (χ0) is 19.4. The van der Waals surface area contributed by atoms with E-state index in [0.29, 0.717) is 18.8 Å². The number of rotatable bonds is 4. The number of benzene rings is 1. The van der Waals surface area contributed by atoms with Gasteiger partial charge in [0.15, 0.2) is 0 Å². The lowest BCUT2D eigenvalue weighted by Gasteiger charge is -2.25. The van der Waals surface area contributed by atoms with E-state index in [1.807, 2.05) is 0 Å². The highest BCUT2D eigenvalue weighted by atomic mass is 32.2. The maximum absolute atomic E-state index is 12.6. The quantitative estimate of drug-likeness (QED) is 0.641. The van der Waals surface area contributed by atoms with Crippen molar-refractivity contribution >= 4 is 21.8 Å². The molecule has 1 fully saturated rings. The van der Waals surface area contributed by atoms with Crippen molar-refractivity contribution in [2.75, 3.05) is 13.1 Å². The maximum atomic E-state index is 12.6. The summed E-state index contributed by atoms with van der Waals surface area (Å²) in [6, 6.07) is 6.52. The first kappa shape index (κ1) is 20.4. The average Bonchev–Trinajstić information content (AvgIpc) is 2.59. The summed E-state index contributed by atoms with van der Waals surface area (Å²) in [6.45, 7) is 8.18. The second-order valence-electron chi connectivity index (χ2n) is 7.30. The Morgan fingerprint density at radius 1 is 1.12 bits per heavy atom. The third-order valence-corrected chi connectivity index (χ3v) is 5.85. The monoisotopic (exact) mass is 381 g/mol. The minimum absolute atomic E-state index is 0.274. The lowest BCUT2D eigenvalue weighted by atomic mass is 10.1. The zero-order valence-corrected chi connectivity index (χ0v) is 16.6. The van der Waals surface area contributed by atoms with Crippen LogP contribution < -0.4 is 5.43 Å². The van der Waals surface area contributed by atoms with Gasteiger partial charge in [-0.2, -0.15) is 9.41 Å². The first-order valence-corrected chi connectivity index (χ1v) is 10.2. The smallest absolute Gasteiger partial charge is 0.428 e. The van der Waals surface area contributed by atoms with Crippen LogP contribution in [0.2, 0.25) is 0 Å². The van der Waals surface area contributed by atoms with Crippen LogP contribution in [0, 0.1) is 0 Å². The van der Waals surface area contributed by atoms with E-state index in [0.717, 1.165) is 24.8 Å². The Balaban J connectivity index is 2.06. The first-order chi connectivity index (χ1) is 12.1. The third-order valence-electron chi connectivity index (χ3n) is 3.94. The fourth-order valence-corrected chi connectivity index (χ4v) is 4.13. The molecule has 7 nitrogen and oxygen atoms in total. The van der Waals surface area contributed by atoms with Crippen LogP contribution in [0.1, 0.15) is 52.5 Å². The lowest BCUT2D eigenvalue weighted by Crippen LogP contribution is -2.35. The van der Waals surface area contributed by atoms with Gasteiger partial charge in [0.25, 0.3) is 0 Å². The molecule has 0 aliphatic carbocycles. The van der Waals surface area contributed by atoms with Crippen molar-refractivity contribution in [3.63, 3.8) is 0 Å². The predicted molar refractivity (Wildman–Crippen MR) is 101 cm³/mol. The molecule has 26 heavy (non-hydrogen) atoms. The Kier molecular flexibility index (Phi) is 6.41. The van der Waals surface area contributed by atoms with Crippen molar-refractivity contribution in [2.24, 2.45) is 5.10 Å². The average molecular weight is 381 g/mol. The summed E-state index contributed by atoms with van der Waals surface area (Å²) in [4.78, 5) is 11.9. The van der Waals surface area contributed by atoms with E-state index < -0.39 is 21.7 Å². The van der Waals surface area contributed by atoms with E-state index in [1.54, 1.807) is 52.0 Å². The molecule has 0 atom stereocenters. The van der Waals surface area contributed by atoms with Crippen LogP contribution in [-0.4, -0.2) is 43.2 Å². The summed E-state index contributed by atoms with van der Waals surface area (Å²) < 4.78 is 31.9. The van der Waals surface area contributed by atoms with Crippen LogP contribution >= 0.6 is 0 Å². The van der Waals surface area contributed by atoms with Gasteiger partial charge in [0.1, 0.15) is 5.60 Å². The number of hydrazone groups is 1. The standard InChI is InChI=1S/C18H27N3O4S/c1-14(19-20-17(22)25-18(2,3)4)15-8-10-16(11-9-15)26(23,24)21-12-6-5-7-13-21/h8-11H,5-7,12-13H2,1-4H3,(H,20,22). The van der Waals surface area contributed by atoms with Crippen molar-refractivity contribution in [1.82, 2.24) is 9.73 Å². The molecule has 8 heteroatoms. The Bertz CT molecular complexity index is 759. The molecule has 0 saturated carbocycles. The number of amides is 1. The molecular formula is C18H27N3O4S. The molecular weight excluding hydrogens is 354 g/mol. The van der Waals surface area contributed by atoms with Gasteiger partial charge in [0, 0.05) is 13.1 Å².